The predicted molar refractivity (Wildman–Crippen MR) is 76.2 cm³/mol. The number of nitrogens with zero attached hydrogens (tertiary/aromatic N) is 1. The van der Waals surface area contributed by atoms with Gasteiger partial charge in [0.2, 0.25) is 0 Å². The summed E-state index contributed by atoms with van der Waals surface area (Å²) in [4.78, 5) is 6.07. The van der Waals surface area contributed by atoms with Crippen molar-refractivity contribution in [1.82, 2.24) is 4.98 Å². The van der Waals surface area contributed by atoms with E-state index in [0.717, 1.165) is 41.0 Å². The van der Waals surface area contributed by atoms with Gasteiger partial charge in [-0.3, -0.25) is 0 Å². The fourth-order valence-corrected chi connectivity index (χ4v) is 4.08. The zero-order valence-electron chi connectivity index (χ0n) is 11.1. The van der Waals surface area contributed by atoms with Crippen LogP contribution in [0.5, 0.6) is 0 Å². The van der Waals surface area contributed by atoms with Crippen molar-refractivity contribution in [1.29, 1.82) is 0 Å². The summed E-state index contributed by atoms with van der Waals surface area (Å²) < 4.78 is 5.98. The third kappa shape index (κ3) is 1.94. The lowest BCUT2D eigenvalue weighted by Gasteiger charge is -2.15. The second kappa shape index (κ2) is 4.18. The standard InChI is InChI=1S/C15H18N2OS/c1-8-7-9(8)11-5-6-12(18-11)15-17-14-10(16)3-2-4-13(14)19-15/h5-6,8-10H,2-4,7,16H2,1H3. The summed E-state index contributed by atoms with van der Waals surface area (Å²) in [5.74, 6) is 3.45. The average Bonchev–Trinajstić information content (AvgIpc) is 2.85. The number of nitrogens with two attached hydrogens (primary N) is 1. The molecule has 1 saturated carbocycles. The van der Waals surface area contributed by atoms with Crippen LogP contribution in [0.2, 0.25) is 0 Å². The maximum absolute atomic E-state index is 6.13. The van der Waals surface area contributed by atoms with Crippen molar-refractivity contribution in [3.8, 4) is 10.8 Å². The summed E-state index contributed by atoms with van der Waals surface area (Å²) in [5, 5.41) is 1.00. The van der Waals surface area contributed by atoms with E-state index in [1.165, 1.54) is 17.7 Å². The highest BCUT2D eigenvalue weighted by molar-refractivity contribution is 7.15. The van der Waals surface area contributed by atoms with Gasteiger partial charge in [-0.15, -0.1) is 11.3 Å². The molecule has 2 aromatic heterocycles. The maximum Gasteiger partial charge on any atom is 0.162 e. The van der Waals surface area contributed by atoms with Crippen molar-refractivity contribution in [2.75, 3.05) is 0 Å². The number of thiazole rings is 1. The van der Waals surface area contributed by atoms with E-state index >= 15 is 0 Å². The zero-order chi connectivity index (χ0) is 13.0. The first kappa shape index (κ1) is 11.7. The number of hydrogen-bond acceptors (Lipinski definition) is 4. The van der Waals surface area contributed by atoms with Gasteiger partial charge in [-0.25, -0.2) is 4.98 Å². The molecule has 4 rings (SSSR count). The molecule has 19 heavy (non-hydrogen) atoms. The maximum atomic E-state index is 6.13. The normalized spacial score (nSPS) is 29.3. The van der Waals surface area contributed by atoms with Crippen LogP contribution in [0.4, 0.5) is 0 Å². The largest absolute Gasteiger partial charge is 0.458 e. The summed E-state index contributed by atoms with van der Waals surface area (Å²) in [6.45, 7) is 2.27. The van der Waals surface area contributed by atoms with Gasteiger partial charge >= 0.3 is 0 Å². The van der Waals surface area contributed by atoms with E-state index in [0.29, 0.717) is 5.92 Å². The highest BCUT2D eigenvalue weighted by Crippen LogP contribution is 2.48. The summed E-state index contributed by atoms with van der Waals surface area (Å²) in [6.07, 6.45) is 4.61. The van der Waals surface area contributed by atoms with Gasteiger partial charge in [-0.1, -0.05) is 6.92 Å². The Balaban J connectivity index is 1.67. The van der Waals surface area contributed by atoms with Crippen LogP contribution in [0.15, 0.2) is 16.5 Å². The molecule has 3 nitrogen and oxygen atoms in total. The highest BCUT2D eigenvalue weighted by atomic mass is 32.1. The van der Waals surface area contributed by atoms with Crippen LogP contribution in [0.25, 0.3) is 10.8 Å². The molecule has 0 bridgehead atoms. The third-order valence-electron chi connectivity index (χ3n) is 4.31. The summed E-state index contributed by atoms with van der Waals surface area (Å²) in [6, 6.07) is 4.30. The molecule has 2 aromatic rings. The van der Waals surface area contributed by atoms with Crippen LogP contribution in [0.3, 0.4) is 0 Å². The van der Waals surface area contributed by atoms with E-state index in [4.69, 9.17) is 15.1 Å². The van der Waals surface area contributed by atoms with Crippen molar-refractivity contribution in [2.24, 2.45) is 11.7 Å². The van der Waals surface area contributed by atoms with Crippen LogP contribution in [0, 0.1) is 5.92 Å². The Morgan fingerprint density at radius 1 is 1.42 bits per heavy atom. The van der Waals surface area contributed by atoms with Crippen LogP contribution in [0.1, 0.15) is 54.5 Å². The van der Waals surface area contributed by atoms with E-state index in [9.17, 15) is 0 Å². The molecule has 2 aliphatic rings. The molecule has 4 heteroatoms. The van der Waals surface area contributed by atoms with Crippen molar-refractivity contribution in [2.45, 2.75) is 44.6 Å². The molecular formula is C15H18N2OS. The van der Waals surface area contributed by atoms with E-state index in [1.807, 2.05) is 0 Å². The van der Waals surface area contributed by atoms with Crippen LogP contribution in [-0.4, -0.2) is 4.98 Å². The Morgan fingerprint density at radius 3 is 3.00 bits per heavy atom. The Bertz CT molecular complexity index is 615. The molecule has 0 saturated heterocycles. The number of furan rings is 1. The summed E-state index contributed by atoms with van der Waals surface area (Å²) in [7, 11) is 0. The van der Waals surface area contributed by atoms with Gasteiger partial charge in [0, 0.05) is 16.8 Å². The van der Waals surface area contributed by atoms with Crippen molar-refractivity contribution in [3.05, 3.63) is 28.5 Å². The molecule has 0 aromatic carbocycles. The Labute approximate surface area is 116 Å². The van der Waals surface area contributed by atoms with Crippen molar-refractivity contribution < 1.29 is 4.42 Å². The summed E-state index contributed by atoms with van der Waals surface area (Å²) in [5.41, 5.74) is 7.23. The first-order valence-corrected chi connectivity index (χ1v) is 7.89. The number of rotatable bonds is 2. The number of aryl methyl sites for hydroxylation is 1. The van der Waals surface area contributed by atoms with Gasteiger partial charge in [0.25, 0.3) is 0 Å². The molecule has 2 N–H and O–H groups in total. The van der Waals surface area contributed by atoms with Crippen LogP contribution < -0.4 is 5.73 Å². The van der Waals surface area contributed by atoms with Crippen molar-refractivity contribution in [3.63, 3.8) is 0 Å². The second-order valence-electron chi connectivity index (χ2n) is 5.85. The fraction of sp³-hybridized carbons (Fsp3) is 0.533. The molecule has 1 fully saturated rings. The molecule has 0 radical (unpaired) electrons. The van der Waals surface area contributed by atoms with Gasteiger partial charge < -0.3 is 10.2 Å². The molecule has 2 aliphatic carbocycles. The first-order valence-electron chi connectivity index (χ1n) is 7.07. The molecule has 2 heterocycles. The number of aromatic nitrogens is 1. The minimum absolute atomic E-state index is 0.117. The molecule has 0 spiro atoms. The Morgan fingerprint density at radius 2 is 2.26 bits per heavy atom. The number of fused-ring (bicyclic) bond motifs is 1. The second-order valence-corrected chi connectivity index (χ2v) is 6.93. The third-order valence-corrected chi connectivity index (χ3v) is 5.46. The van der Waals surface area contributed by atoms with E-state index in [-0.39, 0.29) is 6.04 Å². The molecular weight excluding hydrogens is 256 g/mol. The van der Waals surface area contributed by atoms with Gasteiger partial charge in [0.1, 0.15) is 5.76 Å². The Hall–Kier alpha value is -1.13. The lowest BCUT2D eigenvalue weighted by atomic mass is 9.99. The van der Waals surface area contributed by atoms with Crippen LogP contribution >= 0.6 is 11.3 Å². The monoisotopic (exact) mass is 274 g/mol. The lowest BCUT2D eigenvalue weighted by molar-refractivity contribution is 0.517. The molecule has 0 amide bonds. The SMILES string of the molecule is CC1CC1c1ccc(-c2nc3c(s2)CCCC3N)o1. The lowest BCUT2D eigenvalue weighted by Crippen LogP contribution is -2.16. The van der Waals surface area contributed by atoms with Gasteiger partial charge in [-0.2, -0.15) is 0 Å². The molecule has 3 unspecified atom stereocenters. The smallest absolute Gasteiger partial charge is 0.162 e. The molecule has 3 atom stereocenters. The fourth-order valence-electron chi connectivity index (χ4n) is 2.94. The summed E-state index contributed by atoms with van der Waals surface area (Å²) >= 11 is 1.75. The molecule has 100 valence electrons. The van der Waals surface area contributed by atoms with E-state index < -0.39 is 0 Å². The zero-order valence-corrected chi connectivity index (χ0v) is 11.9. The minimum atomic E-state index is 0.117. The van der Waals surface area contributed by atoms with Gasteiger partial charge in [0.15, 0.2) is 10.8 Å². The first-order chi connectivity index (χ1) is 9.22. The topological polar surface area (TPSA) is 52.0 Å². The van der Waals surface area contributed by atoms with E-state index in [2.05, 4.69) is 19.1 Å². The number of hydrogen-bond donors (Lipinski definition) is 1. The van der Waals surface area contributed by atoms with Gasteiger partial charge in [-0.05, 0) is 43.7 Å². The minimum Gasteiger partial charge on any atom is -0.458 e. The highest BCUT2D eigenvalue weighted by Gasteiger charge is 2.36. The molecule has 0 aliphatic heterocycles. The van der Waals surface area contributed by atoms with Gasteiger partial charge in [0.05, 0.1) is 5.69 Å². The Kier molecular flexibility index (Phi) is 2.57. The van der Waals surface area contributed by atoms with Crippen molar-refractivity contribution >= 4 is 11.3 Å². The van der Waals surface area contributed by atoms with E-state index in [1.54, 1.807) is 11.3 Å². The average molecular weight is 274 g/mol. The predicted octanol–water partition coefficient (Wildman–Crippen LogP) is 3.86. The van der Waals surface area contributed by atoms with Crippen LogP contribution in [-0.2, 0) is 6.42 Å². The quantitative estimate of drug-likeness (QED) is 0.904.